The zero-order valence-corrected chi connectivity index (χ0v) is 11.3. The predicted octanol–water partition coefficient (Wildman–Crippen LogP) is 4.23. The van der Waals surface area contributed by atoms with Crippen molar-refractivity contribution in [1.82, 2.24) is 5.32 Å². The average molecular weight is 213 g/mol. The normalized spacial score (nSPS) is 15.2. The highest BCUT2D eigenvalue weighted by Gasteiger charge is 2.08. The van der Waals surface area contributed by atoms with Crippen LogP contribution in [0.4, 0.5) is 0 Å². The zero-order chi connectivity index (χ0) is 11.5. The van der Waals surface area contributed by atoms with Crippen molar-refractivity contribution in [2.45, 2.75) is 66.2 Å². The maximum absolute atomic E-state index is 3.43. The Labute approximate surface area is 97.0 Å². The molecule has 0 saturated carbocycles. The molecule has 0 amide bonds. The SMILES string of the molecule is CCCCC(CC)CCC(C)CNCC. The Hall–Kier alpha value is -0.0400. The van der Waals surface area contributed by atoms with Gasteiger partial charge in [-0.1, -0.05) is 59.8 Å². The van der Waals surface area contributed by atoms with Gasteiger partial charge in [0, 0.05) is 0 Å². The third-order valence-corrected chi connectivity index (χ3v) is 3.35. The molecule has 0 fully saturated rings. The third kappa shape index (κ3) is 8.92. The van der Waals surface area contributed by atoms with E-state index in [1.807, 2.05) is 0 Å². The van der Waals surface area contributed by atoms with E-state index < -0.39 is 0 Å². The molecule has 1 nitrogen and oxygen atoms in total. The number of hydrogen-bond acceptors (Lipinski definition) is 1. The Bertz CT molecular complexity index is 123. The summed E-state index contributed by atoms with van der Waals surface area (Å²) in [6.07, 6.45) is 8.41. The van der Waals surface area contributed by atoms with Crippen LogP contribution in [0.5, 0.6) is 0 Å². The van der Waals surface area contributed by atoms with Crippen LogP contribution in [-0.2, 0) is 0 Å². The molecular weight excluding hydrogens is 182 g/mol. The summed E-state index contributed by atoms with van der Waals surface area (Å²) in [5.74, 6) is 1.83. The van der Waals surface area contributed by atoms with Crippen molar-refractivity contribution in [2.75, 3.05) is 13.1 Å². The van der Waals surface area contributed by atoms with Crippen LogP contribution < -0.4 is 5.32 Å². The Kier molecular flexibility index (Phi) is 10.4. The van der Waals surface area contributed by atoms with Gasteiger partial charge in [-0.25, -0.2) is 0 Å². The first kappa shape index (κ1) is 15.0. The molecule has 1 N–H and O–H groups in total. The number of nitrogens with one attached hydrogen (secondary N) is 1. The van der Waals surface area contributed by atoms with E-state index in [-0.39, 0.29) is 0 Å². The summed E-state index contributed by atoms with van der Waals surface area (Å²) in [6, 6.07) is 0. The van der Waals surface area contributed by atoms with E-state index in [0.717, 1.165) is 18.4 Å². The fraction of sp³-hybridized carbons (Fsp3) is 1.00. The zero-order valence-electron chi connectivity index (χ0n) is 11.3. The van der Waals surface area contributed by atoms with Crippen LogP contribution in [0, 0.1) is 11.8 Å². The standard InChI is InChI=1S/C14H31N/c1-5-8-9-14(6-2)11-10-13(4)12-15-7-3/h13-15H,5-12H2,1-4H3. The van der Waals surface area contributed by atoms with E-state index in [0.29, 0.717) is 0 Å². The molecule has 0 aromatic rings. The van der Waals surface area contributed by atoms with E-state index in [4.69, 9.17) is 0 Å². The lowest BCUT2D eigenvalue weighted by Crippen LogP contribution is -2.21. The number of unbranched alkanes of at least 4 members (excludes halogenated alkanes) is 1. The van der Waals surface area contributed by atoms with Crippen molar-refractivity contribution in [1.29, 1.82) is 0 Å². The summed E-state index contributed by atoms with van der Waals surface area (Å²) in [5, 5.41) is 3.43. The second-order valence-corrected chi connectivity index (χ2v) is 4.91. The van der Waals surface area contributed by atoms with Crippen molar-refractivity contribution < 1.29 is 0 Å². The lowest BCUT2D eigenvalue weighted by Gasteiger charge is -2.17. The van der Waals surface area contributed by atoms with Crippen molar-refractivity contribution in [2.24, 2.45) is 11.8 Å². The fourth-order valence-corrected chi connectivity index (χ4v) is 2.06. The van der Waals surface area contributed by atoms with Gasteiger partial charge in [0.1, 0.15) is 0 Å². The first-order valence-corrected chi connectivity index (χ1v) is 6.95. The van der Waals surface area contributed by atoms with Gasteiger partial charge < -0.3 is 5.32 Å². The first-order chi connectivity index (χ1) is 7.24. The van der Waals surface area contributed by atoms with E-state index in [1.54, 1.807) is 0 Å². The van der Waals surface area contributed by atoms with Crippen LogP contribution in [0.3, 0.4) is 0 Å². The summed E-state index contributed by atoms with van der Waals surface area (Å²) >= 11 is 0. The summed E-state index contributed by atoms with van der Waals surface area (Å²) in [6.45, 7) is 11.5. The van der Waals surface area contributed by atoms with Gasteiger partial charge in [-0.15, -0.1) is 0 Å². The molecule has 2 unspecified atom stereocenters. The second-order valence-electron chi connectivity index (χ2n) is 4.91. The summed E-state index contributed by atoms with van der Waals surface area (Å²) in [4.78, 5) is 0. The molecule has 0 spiro atoms. The lowest BCUT2D eigenvalue weighted by molar-refractivity contribution is 0.364. The molecule has 0 aromatic heterocycles. The summed E-state index contributed by atoms with van der Waals surface area (Å²) in [5.41, 5.74) is 0. The molecule has 0 aliphatic rings. The van der Waals surface area contributed by atoms with E-state index in [9.17, 15) is 0 Å². The molecule has 0 rings (SSSR count). The minimum atomic E-state index is 0.848. The molecule has 92 valence electrons. The van der Waals surface area contributed by atoms with Gasteiger partial charge in [0.05, 0.1) is 0 Å². The molecule has 0 saturated heterocycles. The maximum Gasteiger partial charge on any atom is -0.00233 e. The molecular formula is C14H31N. The third-order valence-electron chi connectivity index (χ3n) is 3.35. The molecule has 2 atom stereocenters. The topological polar surface area (TPSA) is 12.0 Å². The predicted molar refractivity (Wildman–Crippen MR) is 70.2 cm³/mol. The van der Waals surface area contributed by atoms with Gasteiger partial charge in [-0.3, -0.25) is 0 Å². The second kappa shape index (κ2) is 10.5. The van der Waals surface area contributed by atoms with Gasteiger partial charge in [-0.2, -0.15) is 0 Å². The van der Waals surface area contributed by atoms with E-state index >= 15 is 0 Å². The van der Waals surface area contributed by atoms with Crippen molar-refractivity contribution in [3.63, 3.8) is 0 Å². The molecule has 0 aromatic carbocycles. The minimum absolute atomic E-state index is 0.848. The van der Waals surface area contributed by atoms with Crippen LogP contribution >= 0.6 is 0 Å². The van der Waals surface area contributed by atoms with Crippen LogP contribution in [0.2, 0.25) is 0 Å². The van der Waals surface area contributed by atoms with Crippen molar-refractivity contribution in [3.05, 3.63) is 0 Å². The van der Waals surface area contributed by atoms with Crippen molar-refractivity contribution in [3.8, 4) is 0 Å². The Morgan fingerprint density at radius 1 is 1.00 bits per heavy atom. The Balaban J connectivity index is 3.50. The van der Waals surface area contributed by atoms with Gasteiger partial charge in [0.15, 0.2) is 0 Å². The monoisotopic (exact) mass is 213 g/mol. The largest absolute Gasteiger partial charge is 0.317 e. The number of rotatable bonds is 10. The van der Waals surface area contributed by atoms with Gasteiger partial charge in [-0.05, 0) is 31.3 Å². The first-order valence-electron chi connectivity index (χ1n) is 6.95. The lowest BCUT2D eigenvalue weighted by atomic mass is 9.91. The van der Waals surface area contributed by atoms with Crippen LogP contribution in [-0.4, -0.2) is 13.1 Å². The summed E-state index contributed by atoms with van der Waals surface area (Å²) in [7, 11) is 0. The van der Waals surface area contributed by atoms with Crippen LogP contribution in [0.25, 0.3) is 0 Å². The van der Waals surface area contributed by atoms with Crippen LogP contribution in [0.1, 0.15) is 66.2 Å². The smallest absolute Gasteiger partial charge is 0.00233 e. The quantitative estimate of drug-likeness (QED) is 0.572. The fourth-order valence-electron chi connectivity index (χ4n) is 2.06. The molecule has 1 heteroatoms. The molecule has 0 aliphatic carbocycles. The van der Waals surface area contributed by atoms with Crippen molar-refractivity contribution >= 4 is 0 Å². The van der Waals surface area contributed by atoms with E-state index in [1.165, 1.54) is 45.1 Å². The highest BCUT2D eigenvalue weighted by molar-refractivity contribution is 4.62. The van der Waals surface area contributed by atoms with Gasteiger partial charge >= 0.3 is 0 Å². The maximum atomic E-state index is 3.43. The minimum Gasteiger partial charge on any atom is -0.317 e. The highest BCUT2D eigenvalue weighted by Crippen LogP contribution is 2.20. The molecule has 0 heterocycles. The highest BCUT2D eigenvalue weighted by atomic mass is 14.8. The molecule has 15 heavy (non-hydrogen) atoms. The summed E-state index contributed by atoms with van der Waals surface area (Å²) < 4.78 is 0. The van der Waals surface area contributed by atoms with Gasteiger partial charge in [0.25, 0.3) is 0 Å². The Morgan fingerprint density at radius 2 is 1.73 bits per heavy atom. The molecule has 0 aliphatic heterocycles. The van der Waals surface area contributed by atoms with Crippen LogP contribution in [0.15, 0.2) is 0 Å². The van der Waals surface area contributed by atoms with E-state index in [2.05, 4.69) is 33.0 Å². The average Bonchev–Trinajstić information content (AvgIpc) is 2.26. The Morgan fingerprint density at radius 3 is 2.27 bits per heavy atom. The molecule has 0 bridgehead atoms. The van der Waals surface area contributed by atoms with Gasteiger partial charge in [0.2, 0.25) is 0 Å². The number of hydrogen-bond donors (Lipinski definition) is 1. The molecule has 0 radical (unpaired) electrons.